The number of benzene rings is 1. The van der Waals surface area contributed by atoms with Crippen LogP contribution in [0.5, 0.6) is 0 Å². The molecule has 0 bridgehead atoms. The van der Waals surface area contributed by atoms with Crippen molar-refractivity contribution >= 4 is 23.8 Å². The van der Waals surface area contributed by atoms with Gasteiger partial charge in [-0.05, 0) is 17.9 Å². The summed E-state index contributed by atoms with van der Waals surface area (Å²) in [6.45, 7) is 3.82. The minimum Gasteiger partial charge on any atom is -0.445 e. The van der Waals surface area contributed by atoms with Crippen molar-refractivity contribution in [1.29, 1.82) is 0 Å². The summed E-state index contributed by atoms with van der Waals surface area (Å²) in [5.41, 5.74) is 9.92. The molecule has 1 rings (SSSR count). The van der Waals surface area contributed by atoms with Gasteiger partial charge in [-0.15, -0.1) is 0 Å². The number of hydrazine groups is 1. The molecule has 0 saturated carbocycles. The predicted molar refractivity (Wildman–Crippen MR) is 93.1 cm³/mol. The average Bonchev–Trinajstić information content (AvgIpc) is 2.57. The molecular weight excluding hydrogens is 340 g/mol. The van der Waals surface area contributed by atoms with Crippen molar-refractivity contribution in [3.05, 3.63) is 35.9 Å². The van der Waals surface area contributed by atoms with E-state index in [0.717, 1.165) is 5.56 Å². The normalized spacial score (nSPS) is 11.3. The van der Waals surface area contributed by atoms with Crippen molar-refractivity contribution in [3.63, 3.8) is 0 Å². The summed E-state index contributed by atoms with van der Waals surface area (Å²) in [4.78, 5) is 46.1. The number of rotatable bonds is 8. The number of amides is 4. The van der Waals surface area contributed by atoms with Crippen LogP contribution in [0.15, 0.2) is 30.3 Å². The first-order valence-corrected chi connectivity index (χ1v) is 8.12. The fourth-order valence-electron chi connectivity index (χ4n) is 2.03. The molecule has 0 radical (unpaired) electrons. The molecule has 9 nitrogen and oxygen atoms in total. The van der Waals surface area contributed by atoms with E-state index in [9.17, 15) is 19.2 Å². The van der Waals surface area contributed by atoms with E-state index < -0.39 is 36.3 Å². The van der Waals surface area contributed by atoms with Crippen molar-refractivity contribution in [3.8, 4) is 0 Å². The highest BCUT2D eigenvalue weighted by Crippen LogP contribution is 2.06. The van der Waals surface area contributed by atoms with Gasteiger partial charge in [0.2, 0.25) is 11.8 Å². The Hall–Kier alpha value is -3.10. The van der Waals surface area contributed by atoms with Gasteiger partial charge in [-0.25, -0.2) is 4.79 Å². The lowest BCUT2D eigenvalue weighted by Gasteiger charge is -2.20. The highest BCUT2D eigenvalue weighted by atomic mass is 16.5. The molecule has 0 unspecified atom stereocenters. The summed E-state index contributed by atoms with van der Waals surface area (Å²) in [6.07, 6.45) is -0.974. The van der Waals surface area contributed by atoms with E-state index in [-0.39, 0.29) is 12.5 Å². The van der Waals surface area contributed by atoms with E-state index in [4.69, 9.17) is 10.5 Å². The molecule has 142 valence electrons. The summed E-state index contributed by atoms with van der Waals surface area (Å²) >= 11 is 0. The first-order chi connectivity index (χ1) is 12.3. The number of carbonyl (C=O) groups is 4. The van der Waals surface area contributed by atoms with Gasteiger partial charge < -0.3 is 15.8 Å². The van der Waals surface area contributed by atoms with Crippen LogP contribution in [-0.4, -0.2) is 29.9 Å². The van der Waals surface area contributed by atoms with Crippen LogP contribution in [-0.2, 0) is 25.7 Å². The highest BCUT2D eigenvalue weighted by molar-refractivity contribution is 5.97. The van der Waals surface area contributed by atoms with E-state index in [1.807, 2.05) is 32.0 Å². The maximum atomic E-state index is 12.2. The second kappa shape index (κ2) is 10.7. The van der Waals surface area contributed by atoms with E-state index in [1.54, 1.807) is 12.1 Å². The van der Waals surface area contributed by atoms with Gasteiger partial charge in [0.1, 0.15) is 19.1 Å². The number of nitrogens with two attached hydrogens (primary N) is 1. The lowest BCUT2D eigenvalue weighted by Crippen LogP contribution is -2.53. The number of primary amides is 1. The van der Waals surface area contributed by atoms with Crippen LogP contribution in [0.4, 0.5) is 4.79 Å². The Labute approximate surface area is 151 Å². The number of hydrogen-bond donors (Lipinski definition) is 4. The molecule has 0 aliphatic heterocycles. The molecule has 1 atom stereocenters. The second-order valence-electron chi connectivity index (χ2n) is 6.07. The molecule has 0 spiro atoms. The highest BCUT2D eigenvalue weighted by Gasteiger charge is 2.23. The van der Waals surface area contributed by atoms with Gasteiger partial charge >= 0.3 is 6.09 Å². The van der Waals surface area contributed by atoms with Gasteiger partial charge in [-0.3, -0.25) is 25.2 Å². The zero-order valence-electron chi connectivity index (χ0n) is 14.8. The van der Waals surface area contributed by atoms with Crippen LogP contribution in [0.2, 0.25) is 0 Å². The van der Waals surface area contributed by atoms with Gasteiger partial charge in [-0.1, -0.05) is 44.2 Å². The van der Waals surface area contributed by atoms with Crippen LogP contribution in [0.1, 0.15) is 32.3 Å². The lowest BCUT2D eigenvalue weighted by molar-refractivity contribution is -0.132. The molecule has 4 amide bonds. The Kier molecular flexibility index (Phi) is 8.62. The Morgan fingerprint density at radius 2 is 1.73 bits per heavy atom. The summed E-state index contributed by atoms with van der Waals surface area (Å²) < 4.78 is 5.09. The maximum absolute atomic E-state index is 12.2. The first-order valence-electron chi connectivity index (χ1n) is 8.12. The van der Waals surface area contributed by atoms with Crippen LogP contribution in [0.3, 0.4) is 0 Å². The number of hydrogen-bond acceptors (Lipinski definition) is 5. The minimum atomic E-state index is -0.910. The Bertz CT molecular complexity index is 633. The number of ether oxygens (including phenoxy) is 1. The first kappa shape index (κ1) is 20.9. The summed E-state index contributed by atoms with van der Waals surface area (Å²) in [7, 11) is 0. The van der Waals surface area contributed by atoms with Gasteiger partial charge in [0.15, 0.2) is 0 Å². The number of alkyl carbamates (subject to hydrolysis) is 1. The molecule has 0 aromatic heterocycles. The second-order valence-corrected chi connectivity index (χ2v) is 6.07. The molecule has 1 aromatic rings. The SMILES string of the molecule is CC(C)C[C@H](NC(=O)OCc1ccccc1)C(=O)NNC(=O)CC(N)=O. The van der Waals surface area contributed by atoms with Crippen LogP contribution >= 0.6 is 0 Å². The Morgan fingerprint density at radius 1 is 1.08 bits per heavy atom. The summed E-state index contributed by atoms with van der Waals surface area (Å²) in [6, 6.07) is 8.19. The molecule has 0 saturated heterocycles. The van der Waals surface area contributed by atoms with E-state index in [2.05, 4.69) is 16.2 Å². The third kappa shape index (κ3) is 8.67. The molecule has 0 aliphatic rings. The fraction of sp³-hybridized carbons (Fsp3) is 0.412. The monoisotopic (exact) mass is 364 g/mol. The van der Waals surface area contributed by atoms with Crippen molar-refractivity contribution in [2.45, 2.75) is 39.3 Å². The predicted octanol–water partition coefficient (Wildman–Crippen LogP) is 0.350. The van der Waals surface area contributed by atoms with Gasteiger partial charge in [0.05, 0.1) is 0 Å². The molecule has 9 heteroatoms. The van der Waals surface area contributed by atoms with E-state index >= 15 is 0 Å². The van der Waals surface area contributed by atoms with Gasteiger partial charge in [0, 0.05) is 0 Å². The smallest absolute Gasteiger partial charge is 0.408 e. The minimum absolute atomic E-state index is 0.0675. The third-order valence-electron chi connectivity index (χ3n) is 3.19. The van der Waals surface area contributed by atoms with Crippen LogP contribution in [0, 0.1) is 5.92 Å². The zero-order chi connectivity index (χ0) is 19.5. The number of carbonyl (C=O) groups excluding carboxylic acids is 4. The fourth-order valence-corrected chi connectivity index (χ4v) is 2.03. The zero-order valence-corrected chi connectivity index (χ0v) is 14.8. The molecule has 26 heavy (non-hydrogen) atoms. The Morgan fingerprint density at radius 3 is 2.31 bits per heavy atom. The summed E-state index contributed by atoms with van der Waals surface area (Å²) in [5, 5.41) is 2.47. The summed E-state index contributed by atoms with van der Waals surface area (Å²) in [5.74, 6) is -2.10. The third-order valence-corrected chi connectivity index (χ3v) is 3.19. The number of nitrogens with one attached hydrogen (secondary N) is 3. The largest absolute Gasteiger partial charge is 0.445 e. The van der Waals surface area contributed by atoms with Crippen molar-refractivity contribution < 1.29 is 23.9 Å². The molecule has 5 N–H and O–H groups in total. The lowest BCUT2D eigenvalue weighted by atomic mass is 10.0. The molecule has 0 fully saturated rings. The molecule has 0 heterocycles. The van der Waals surface area contributed by atoms with Crippen LogP contribution < -0.4 is 21.9 Å². The molecular formula is C17H24N4O5. The van der Waals surface area contributed by atoms with Gasteiger partial charge in [0.25, 0.3) is 5.91 Å². The van der Waals surface area contributed by atoms with E-state index in [1.165, 1.54) is 0 Å². The quantitative estimate of drug-likeness (QED) is 0.389. The van der Waals surface area contributed by atoms with Crippen molar-refractivity contribution in [2.24, 2.45) is 11.7 Å². The average molecular weight is 364 g/mol. The van der Waals surface area contributed by atoms with Gasteiger partial charge in [-0.2, -0.15) is 0 Å². The maximum Gasteiger partial charge on any atom is 0.408 e. The standard InChI is InChI=1S/C17H24N4O5/c1-11(2)8-13(16(24)21-20-15(23)9-14(18)22)19-17(25)26-10-12-6-4-3-5-7-12/h3-7,11,13H,8-10H2,1-2H3,(H2,18,22)(H,19,25)(H,20,23)(H,21,24)/t13-/m0/s1. The topological polar surface area (TPSA) is 140 Å². The van der Waals surface area contributed by atoms with Crippen molar-refractivity contribution in [2.75, 3.05) is 0 Å². The van der Waals surface area contributed by atoms with Crippen LogP contribution in [0.25, 0.3) is 0 Å². The van der Waals surface area contributed by atoms with Crippen molar-refractivity contribution in [1.82, 2.24) is 16.2 Å². The molecule has 0 aliphatic carbocycles. The Balaban J connectivity index is 2.53. The van der Waals surface area contributed by atoms with E-state index in [0.29, 0.717) is 6.42 Å². The molecule has 1 aromatic carbocycles.